The third-order valence-corrected chi connectivity index (χ3v) is 3.71. The number of likely N-dealkylation sites (tertiary alicyclic amines) is 1. The van der Waals surface area contributed by atoms with Gasteiger partial charge in [0.2, 0.25) is 0 Å². The van der Waals surface area contributed by atoms with Crippen molar-refractivity contribution < 1.29 is 9.90 Å². The summed E-state index contributed by atoms with van der Waals surface area (Å²) in [5.74, 6) is -0.00245. The number of aliphatic hydroxyl groups excluding tert-OH is 1. The van der Waals surface area contributed by atoms with Crippen LogP contribution in [0.5, 0.6) is 0 Å². The number of carbonyl (C=O) groups is 1. The van der Waals surface area contributed by atoms with Gasteiger partial charge in [0.05, 0.1) is 11.8 Å². The van der Waals surface area contributed by atoms with Crippen LogP contribution in [0.3, 0.4) is 0 Å². The Morgan fingerprint density at radius 2 is 2.17 bits per heavy atom. The van der Waals surface area contributed by atoms with Gasteiger partial charge in [0.25, 0.3) is 5.91 Å². The molecule has 1 amide bonds. The third kappa shape index (κ3) is 2.10. The third-order valence-electron chi connectivity index (χ3n) is 3.71. The maximum atomic E-state index is 12.5. The largest absolute Gasteiger partial charge is 0.397 e. The lowest BCUT2D eigenvalue weighted by atomic mass is 10.1. The molecule has 5 heteroatoms. The molecule has 1 unspecified atom stereocenters. The van der Waals surface area contributed by atoms with Crippen molar-refractivity contribution in [3.05, 3.63) is 18.0 Å². The minimum absolute atomic E-state index is 0.00245. The second-order valence-electron chi connectivity index (χ2n) is 5.34. The van der Waals surface area contributed by atoms with Crippen LogP contribution in [0, 0.1) is 0 Å². The number of piperidine rings is 1. The van der Waals surface area contributed by atoms with Gasteiger partial charge >= 0.3 is 0 Å². The first-order chi connectivity index (χ1) is 8.65. The zero-order chi connectivity index (χ0) is 12.7. The molecule has 1 aromatic heterocycles. The molecule has 2 heterocycles. The average Bonchev–Trinajstić information content (AvgIpc) is 3.12. The van der Waals surface area contributed by atoms with Crippen molar-refractivity contribution in [3.8, 4) is 0 Å². The Kier molecular flexibility index (Phi) is 2.78. The van der Waals surface area contributed by atoms with E-state index in [9.17, 15) is 9.90 Å². The number of aliphatic hydroxyl groups is 1. The second-order valence-corrected chi connectivity index (χ2v) is 5.34. The predicted molar refractivity (Wildman–Crippen MR) is 68.3 cm³/mol. The maximum absolute atomic E-state index is 12.5. The van der Waals surface area contributed by atoms with Crippen molar-refractivity contribution in [3.63, 3.8) is 0 Å². The fourth-order valence-electron chi connectivity index (χ4n) is 2.63. The SMILES string of the molecule is Nc1cc(C(=O)N2CCCC(O)C2)n(C2CC2)c1. The van der Waals surface area contributed by atoms with Crippen LogP contribution in [0.2, 0.25) is 0 Å². The minimum Gasteiger partial charge on any atom is -0.397 e. The fourth-order valence-corrected chi connectivity index (χ4v) is 2.63. The Labute approximate surface area is 106 Å². The first-order valence-electron chi connectivity index (χ1n) is 6.60. The van der Waals surface area contributed by atoms with Gasteiger partial charge in [-0.25, -0.2) is 0 Å². The number of amides is 1. The Hall–Kier alpha value is -1.49. The number of hydrogen-bond acceptors (Lipinski definition) is 3. The van der Waals surface area contributed by atoms with Gasteiger partial charge in [-0.1, -0.05) is 0 Å². The van der Waals surface area contributed by atoms with E-state index in [1.807, 2.05) is 10.8 Å². The number of carbonyl (C=O) groups excluding carboxylic acids is 1. The average molecular weight is 249 g/mol. The van der Waals surface area contributed by atoms with Crippen LogP contribution in [0.1, 0.15) is 42.2 Å². The van der Waals surface area contributed by atoms with Gasteiger partial charge in [-0.3, -0.25) is 4.79 Å². The molecular formula is C13H19N3O2. The van der Waals surface area contributed by atoms with Crippen LogP contribution in [0.4, 0.5) is 5.69 Å². The summed E-state index contributed by atoms with van der Waals surface area (Å²) in [6, 6.07) is 2.19. The number of rotatable bonds is 2. The van der Waals surface area contributed by atoms with Crippen LogP contribution in [-0.2, 0) is 0 Å². The van der Waals surface area contributed by atoms with Crippen molar-refractivity contribution in [1.29, 1.82) is 0 Å². The normalized spacial score (nSPS) is 24.3. The van der Waals surface area contributed by atoms with Crippen molar-refractivity contribution in [2.45, 2.75) is 37.8 Å². The predicted octanol–water partition coefficient (Wildman–Crippen LogP) is 1.00. The summed E-state index contributed by atoms with van der Waals surface area (Å²) in [7, 11) is 0. The first-order valence-corrected chi connectivity index (χ1v) is 6.60. The zero-order valence-corrected chi connectivity index (χ0v) is 10.4. The van der Waals surface area contributed by atoms with Gasteiger partial charge in [0.1, 0.15) is 5.69 Å². The standard InChI is InChI=1S/C13H19N3O2/c14-9-6-12(16(7-9)10-3-4-10)13(18)15-5-1-2-11(17)8-15/h6-7,10-11,17H,1-5,8,14H2. The fraction of sp³-hybridized carbons (Fsp3) is 0.615. The molecule has 1 aromatic rings. The molecule has 3 rings (SSSR count). The number of hydrogen-bond donors (Lipinski definition) is 2. The van der Waals surface area contributed by atoms with Crippen molar-refractivity contribution >= 4 is 11.6 Å². The highest BCUT2D eigenvalue weighted by atomic mass is 16.3. The highest BCUT2D eigenvalue weighted by molar-refractivity contribution is 5.94. The molecule has 2 aliphatic rings. The lowest BCUT2D eigenvalue weighted by Gasteiger charge is -2.30. The van der Waals surface area contributed by atoms with Gasteiger partial charge in [-0.15, -0.1) is 0 Å². The summed E-state index contributed by atoms with van der Waals surface area (Å²) >= 11 is 0. The van der Waals surface area contributed by atoms with Crippen LogP contribution < -0.4 is 5.73 Å². The number of nitrogens with zero attached hydrogens (tertiary/aromatic N) is 2. The molecule has 0 radical (unpaired) electrons. The zero-order valence-electron chi connectivity index (χ0n) is 10.4. The topological polar surface area (TPSA) is 71.5 Å². The van der Waals surface area contributed by atoms with E-state index in [2.05, 4.69) is 0 Å². The van der Waals surface area contributed by atoms with Crippen molar-refractivity contribution in [2.75, 3.05) is 18.8 Å². The van der Waals surface area contributed by atoms with Crippen LogP contribution in [-0.4, -0.2) is 39.7 Å². The lowest BCUT2D eigenvalue weighted by Crippen LogP contribution is -2.42. The molecule has 5 nitrogen and oxygen atoms in total. The summed E-state index contributed by atoms with van der Waals surface area (Å²) in [5, 5.41) is 9.65. The summed E-state index contributed by atoms with van der Waals surface area (Å²) in [6.45, 7) is 1.17. The highest BCUT2D eigenvalue weighted by Gasteiger charge is 2.30. The molecule has 1 saturated carbocycles. The molecule has 0 aromatic carbocycles. The number of aromatic nitrogens is 1. The van der Waals surface area contributed by atoms with Crippen LogP contribution in [0.15, 0.2) is 12.3 Å². The van der Waals surface area contributed by atoms with Gasteiger partial charge in [0.15, 0.2) is 0 Å². The van der Waals surface area contributed by atoms with Crippen molar-refractivity contribution in [1.82, 2.24) is 9.47 Å². The smallest absolute Gasteiger partial charge is 0.270 e. The molecule has 18 heavy (non-hydrogen) atoms. The van der Waals surface area contributed by atoms with Crippen LogP contribution in [0.25, 0.3) is 0 Å². The number of nitrogens with two attached hydrogens (primary N) is 1. The molecular weight excluding hydrogens is 230 g/mol. The monoisotopic (exact) mass is 249 g/mol. The van der Waals surface area contributed by atoms with Crippen LogP contribution >= 0.6 is 0 Å². The lowest BCUT2D eigenvalue weighted by molar-refractivity contribution is 0.0465. The number of nitrogen functional groups attached to an aromatic ring is 1. The van der Waals surface area contributed by atoms with E-state index in [1.165, 1.54) is 0 Å². The Balaban J connectivity index is 1.82. The van der Waals surface area contributed by atoms with E-state index in [0.29, 0.717) is 24.0 Å². The van der Waals surface area contributed by atoms with Gasteiger partial charge in [-0.05, 0) is 31.7 Å². The second kappa shape index (κ2) is 4.31. The molecule has 1 atom stereocenters. The molecule has 2 fully saturated rings. The Morgan fingerprint density at radius 1 is 1.39 bits per heavy atom. The van der Waals surface area contributed by atoms with Gasteiger partial charge in [0, 0.05) is 25.3 Å². The van der Waals surface area contributed by atoms with E-state index >= 15 is 0 Å². The quantitative estimate of drug-likeness (QED) is 0.821. The number of β-amino-alcohol motifs (C(OH)–C–C–N with tert-alkyl or cyclic N) is 1. The summed E-state index contributed by atoms with van der Waals surface area (Å²) < 4.78 is 2.00. The molecule has 1 aliphatic carbocycles. The maximum Gasteiger partial charge on any atom is 0.270 e. The van der Waals surface area contributed by atoms with E-state index in [0.717, 1.165) is 32.2 Å². The molecule has 3 N–H and O–H groups in total. The number of anilines is 1. The minimum atomic E-state index is -0.385. The molecule has 0 bridgehead atoms. The summed E-state index contributed by atoms with van der Waals surface area (Å²) in [4.78, 5) is 14.2. The first kappa shape index (κ1) is 11.6. The Bertz CT molecular complexity index is 465. The van der Waals surface area contributed by atoms with E-state index < -0.39 is 0 Å². The molecule has 98 valence electrons. The van der Waals surface area contributed by atoms with Gasteiger partial charge < -0.3 is 20.3 Å². The molecule has 0 spiro atoms. The highest BCUT2D eigenvalue weighted by Crippen LogP contribution is 2.37. The van der Waals surface area contributed by atoms with E-state index in [-0.39, 0.29) is 12.0 Å². The van der Waals surface area contributed by atoms with E-state index in [1.54, 1.807) is 11.0 Å². The molecule has 1 aliphatic heterocycles. The summed E-state index contributed by atoms with van der Waals surface area (Å²) in [6.07, 6.45) is 5.37. The summed E-state index contributed by atoms with van der Waals surface area (Å²) in [5.41, 5.74) is 7.11. The van der Waals surface area contributed by atoms with Crippen molar-refractivity contribution in [2.24, 2.45) is 0 Å². The Morgan fingerprint density at radius 3 is 2.83 bits per heavy atom. The van der Waals surface area contributed by atoms with E-state index in [4.69, 9.17) is 5.73 Å². The van der Waals surface area contributed by atoms with Gasteiger partial charge in [-0.2, -0.15) is 0 Å². The molecule has 1 saturated heterocycles.